The van der Waals surface area contributed by atoms with Gasteiger partial charge in [0.1, 0.15) is 0 Å². The Balaban J connectivity index is 0.00000192. The second kappa shape index (κ2) is 6.08. The Morgan fingerprint density at radius 2 is 1.96 bits per heavy atom. The summed E-state index contributed by atoms with van der Waals surface area (Å²) in [6, 6.07) is 10.8. The SMILES string of the molecule is C[C@@]1(c2ccccc2)C[C@H]1c1nnc(NCC(=O)N2CCC3(CC2)CC3)o1.[HH]. The lowest BCUT2D eigenvalue weighted by Crippen LogP contribution is -2.41. The predicted molar refractivity (Wildman–Crippen MR) is 104 cm³/mol. The molecular weight excluding hydrogens is 340 g/mol. The highest BCUT2D eigenvalue weighted by Crippen LogP contribution is 2.59. The molecule has 6 nitrogen and oxygen atoms in total. The first-order valence-corrected chi connectivity index (χ1v) is 9.99. The summed E-state index contributed by atoms with van der Waals surface area (Å²) in [5, 5.41) is 11.3. The van der Waals surface area contributed by atoms with Crippen LogP contribution in [-0.2, 0) is 10.2 Å². The standard InChI is InChI=1S/C21H26N4O2.H2/c1-20(15-5-3-2-4-6-15)13-16(20)18-23-24-19(27-18)22-14-17(26)25-11-9-21(7-8-21)10-12-25;/h2-6,16H,7-14H2,1H3,(H,22,24);1H/t16-,20-;/m0./s1. The van der Waals surface area contributed by atoms with Gasteiger partial charge in [-0.1, -0.05) is 42.4 Å². The third kappa shape index (κ3) is 3.11. The van der Waals surface area contributed by atoms with Crippen molar-refractivity contribution in [3.05, 3.63) is 41.8 Å². The van der Waals surface area contributed by atoms with Crippen molar-refractivity contribution in [2.24, 2.45) is 5.41 Å². The maximum atomic E-state index is 12.4. The fourth-order valence-corrected chi connectivity index (χ4v) is 4.48. The molecular formula is C21H28N4O2. The minimum Gasteiger partial charge on any atom is -0.408 e. The minimum absolute atomic E-state index is 0. The van der Waals surface area contributed by atoms with Crippen molar-refractivity contribution in [1.29, 1.82) is 0 Å². The molecule has 0 bridgehead atoms. The Morgan fingerprint density at radius 3 is 2.67 bits per heavy atom. The zero-order valence-electron chi connectivity index (χ0n) is 15.8. The van der Waals surface area contributed by atoms with Gasteiger partial charge in [-0.3, -0.25) is 4.79 Å². The van der Waals surface area contributed by atoms with Crippen LogP contribution in [0, 0.1) is 5.41 Å². The van der Waals surface area contributed by atoms with E-state index in [4.69, 9.17) is 4.42 Å². The zero-order valence-corrected chi connectivity index (χ0v) is 15.8. The molecule has 0 unspecified atom stereocenters. The first kappa shape index (κ1) is 16.8. The molecule has 27 heavy (non-hydrogen) atoms. The average Bonchev–Trinajstić information content (AvgIpc) is 3.56. The summed E-state index contributed by atoms with van der Waals surface area (Å²) in [6.07, 6.45) is 6.02. The van der Waals surface area contributed by atoms with Gasteiger partial charge in [-0.25, -0.2) is 0 Å². The number of benzene rings is 1. The molecule has 1 amide bonds. The highest BCUT2D eigenvalue weighted by atomic mass is 16.4. The van der Waals surface area contributed by atoms with Gasteiger partial charge in [0.2, 0.25) is 11.8 Å². The summed E-state index contributed by atoms with van der Waals surface area (Å²) in [4.78, 5) is 14.4. The van der Waals surface area contributed by atoms with Crippen LogP contribution in [0.15, 0.2) is 34.7 Å². The van der Waals surface area contributed by atoms with E-state index in [-0.39, 0.29) is 25.2 Å². The number of hydrogen-bond acceptors (Lipinski definition) is 5. The van der Waals surface area contributed by atoms with Gasteiger partial charge in [-0.05, 0) is 43.1 Å². The van der Waals surface area contributed by atoms with Crippen LogP contribution in [0.1, 0.15) is 57.8 Å². The number of likely N-dealkylation sites (tertiary alicyclic amines) is 1. The number of rotatable bonds is 5. The number of hydrogen-bond donors (Lipinski definition) is 1. The Morgan fingerprint density at radius 1 is 1.22 bits per heavy atom. The molecule has 6 heteroatoms. The lowest BCUT2D eigenvalue weighted by Gasteiger charge is -2.32. The van der Waals surface area contributed by atoms with E-state index >= 15 is 0 Å². The highest BCUT2D eigenvalue weighted by molar-refractivity contribution is 5.80. The normalized spacial score (nSPS) is 28.2. The topological polar surface area (TPSA) is 71.3 Å². The monoisotopic (exact) mass is 368 g/mol. The molecule has 1 aliphatic heterocycles. The second-order valence-corrected chi connectivity index (χ2v) is 8.72. The van der Waals surface area contributed by atoms with Crippen molar-refractivity contribution in [3.8, 4) is 0 Å². The molecule has 1 N–H and O–H groups in total. The van der Waals surface area contributed by atoms with Crippen molar-refractivity contribution >= 4 is 11.9 Å². The first-order valence-electron chi connectivity index (χ1n) is 9.99. The zero-order chi connectivity index (χ0) is 18.5. The third-order valence-corrected chi connectivity index (χ3v) is 6.93. The number of anilines is 1. The van der Waals surface area contributed by atoms with Crippen LogP contribution in [-0.4, -0.2) is 40.6 Å². The summed E-state index contributed by atoms with van der Waals surface area (Å²) in [5.74, 6) is 1.02. The number of carbonyl (C=O) groups is 1. The quantitative estimate of drug-likeness (QED) is 0.873. The molecule has 2 aliphatic carbocycles. The van der Waals surface area contributed by atoms with Gasteiger partial charge in [-0.2, -0.15) is 0 Å². The number of nitrogens with one attached hydrogen (secondary N) is 1. The van der Waals surface area contributed by atoms with Crippen LogP contribution in [0.25, 0.3) is 0 Å². The van der Waals surface area contributed by atoms with Crippen molar-refractivity contribution in [2.45, 2.75) is 50.4 Å². The molecule has 1 spiro atoms. The number of carbonyl (C=O) groups excluding carboxylic acids is 1. The highest BCUT2D eigenvalue weighted by Gasteiger charge is 2.55. The maximum Gasteiger partial charge on any atom is 0.315 e. The fourth-order valence-electron chi connectivity index (χ4n) is 4.48. The van der Waals surface area contributed by atoms with Crippen LogP contribution in [0.4, 0.5) is 6.01 Å². The van der Waals surface area contributed by atoms with E-state index in [1.165, 1.54) is 18.4 Å². The largest absolute Gasteiger partial charge is 0.408 e. The Bertz CT molecular complexity index is 841. The van der Waals surface area contributed by atoms with E-state index < -0.39 is 0 Å². The van der Waals surface area contributed by atoms with Gasteiger partial charge < -0.3 is 14.6 Å². The van der Waals surface area contributed by atoms with Gasteiger partial charge in [0.25, 0.3) is 0 Å². The summed E-state index contributed by atoms with van der Waals surface area (Å²) in [7, 11) is 0. The molecule has 5 rings (SSSR count). The van der Waals surface area contributed by atoms with Crippen LogP contribution in [0.3, 0.4) is 0 Å². The van der Waals surface area contributed by atoms with Crippen LogP contribution >= 0.6 is 0 Å². The molecule has 3 aliphatic rings. The van der Waals surface area contributed by atoms with E-state index in [9.17, 15) is 4.79 Å². The van der Waals surface area contributed by atoms with Crippen molar-refractivity contribution in [3.63, 3.8) is 0 Å². The lowest BCUT2D eigenvalue weighted by atomic mass is 9.94. The average molecular weight is 368 g/mol. The molecule has 2 aromatic rings. The van der Waals surface area contributed by atoms with Crippen LogP contribution in [0.2, 0.25) is 0 Å². The van der Waals surface area contributed by atoms with Crippen LogP contribution < -0.4 is 5.32 Å². The van der Waals surface area contributed by atoms with Crippen LogP contribution in [0.5, 0.6) is 0 Å². The Labute approximate surface area is 160 Å². The Kier molecular flexibility index (Phi) is 3.78. The molecule has 3 fully saturated rings. The summed E-state index contributed by atoms with van der Waals surface area (Å²) >= 11 is 0. The first-order chi connectivity index (χ1) is 13.1. The molecule has 144 valence electrons. The van der Waals surface area contributed by atoms with Crippen molar-refractivity contribution < 1.29 is 10.6 Å². The fraction of sp³-hybridized carbons (Fsp3) is 0.571. The number of aromatic nitrogens is 2. The number of piperidine rings is 1. The van der Waals surface area contributed by atoms with Gasteiger partial charge in [0.05, 0.1) is 6.54 Å². The van der Waals surface area contributed by atoms with E-state index in [0.717, 1.165) is 32.4 Å². The van der Waals surface area contributed by atoms with E-state index in [2.05, 4.69) is 46.7 Å². The number of amides is 1. The van der Waals surface area contributed by atoms with Crippen molar-refractivity contribution in [2.75, 3.05) is 25.0 Å². The van der Waals surface area contributed by atoms with E-state index in [1.807, 2.05) is 11.0 Å². The predicted octanol–water partition coefficient (Wildman–Crippen LogP) is 3.58. The summed E-state index contributed by atoms with van der Waals surface area (Å²) in [5.41, 5.74) is 1.95. The smallest absolute Gasteiger partial charge is 0.315 e. The molecule has 1 saturated heterocycles. The van der Waals surface area contributed by atoms with Gasteiger partial charge >= 0.3 is 6.01 Å². The molecule has 2 heterocycles. The molecule has 2 atom stereocenters. The molecule has 2 saturated carbocycles. The van der Waals surface area contributed by atoms with Gasteiger partial charge in [-0.15, -0.1) is 5.10 Å². The summed E-state index contributed by atoms with van der Waals surface area (Å²) in [6.45, 7) is 4.21. The minimum atomic E-state index is 0. The summed E-state index contributed by atoms with van der Waals surface area (Å²) < 4.78 is 5.80. The van der Waals surface area contributed by atoms with E-state index in [0.29, 0.717) is 17.3 Å². The van der Waals surface area contributed by atoms with Gasteiger partial charge in [0, 0.05) is 25.8 Å². The molecule has 0 radical (unpaired) electrons. The molecule has 1 aromatic carbocycles. The maximum absolute atomic E-state index is 12.4. The third-order valence-electron chi connectivity index (χ3n) is 6.93. The lowest BCUT2D eigenvalue weighted by molar-refractivity contribution is -0.130. The number of nitrogens with zero attached hydrogens (tertiary/aromatic N) is 3. The Hall–Kier alpha value is -2.37. The van der Waals surface area contributed by atoms with Gasteiger partial charge in [0.15, 0.2) is 0 Å². The van der Waals surface area contributed by atoms with Crippen molar-refractivity contribution in [1.82, 2.24) is 15.1 Å². The van der Waals surface area contributed by atoms with E-state index in [1.54, 1.807) is 0 Å². The second-order valence-electron chi connectivity index (χ2n) is 8.72. The molecule has 1 aromatic heterocycles.